The molecule has 0 aliphatic carbocycles. The quantitative estimate of drug-likeness (QED) is 0.0719. The van der Waals surface area contributed by atoms with E-state index in [1.165, 1.54) is 33.0 Å². The lowest BCUT2D eigenvalue weighted by Crippen LogP contribution is -2.64. The minimum atomic E-state index is -2.31. The Morgan fingerprint density at radius 1 is 0.716 bits per heavy atom. The number of fused-ring (bicyclic) bond motifs is 15. The van der Waals surface area contributed by atoms with E-state index in [4.69, 9.17) is 63.1 Å². The predicted octanol–water partition coefficient (Wildman–Crippen LogP) is 0.496. The highest BCUT2D eigenvalue weighted by atomic mass is 35.5. The van der Waals surface area contributed by atoms with Gasteiger partial charge in [0, 0.05) is 41.1 Å². The molecular formula is C67H77Cl2N9O24. The first kappa shape index (κ1) is 75.5. The molecule has 33 nitrogen and oxygen atoms in total. The Labute approximate surface area is 590 Å². The Kier molecular flexibility index (Phi) is 22.8. The first-order valence-corrected chi connectivity index (χ1v) is 32.9. The van der Waals surface area contributed by atoms with E-state index in [-0.39, 0.29) is 52.0 Å². The number of carboxylic acid groups (broad SMARTS) is 1. The number of amides is 7. The smallest absolute Gasteiger partial charge is 0.330 e. The molecule has 7 aliphatic rings. The van der Waals surface area contributed by atoms with Gasteiger partial charge in [0.15, 0.2) is 29.9 Å². The van der Waals surface area contributed by atoms with Crippen LogP contribution in [0.25, 0.3) is 11.1 Å². The zero-order valence-electron chi connectivity index (χ0n) is 55.0. The largest absolute Gasteiger partial charge is 0.508 e. The van der Waals surface area contributed by atoms with Crippen LogP contribution in [0.15, 0.2) is 78.9 Å². The third kappa shape index (κ3) is 16.0. The molecule has 5 aromatic carbocycles. The fourth-order valence-electron chi connectivity index (χ4n) is 12.6. The van der Waals surface area contributed by atoms with E-state index < -0.39 is 238 Å². The number of hydrogen-bond acceptors (Lipinski definition) is 25. The summed E-state index contributed by atoms with van der Waals surface area (Å²) in [6.45, 7) is 5.69. The molecule has 11 bridgehead atoms. The molecule has 7 aliphatic heterocycles. The van der Waals surface area contributed by atoms with Crippen LogP contribution in [0.5, 0.6) is 46.0 Å². The standard InChI is InChI=1S/C67H77Cl2N9O24/c1-24(2)14-36(72-5)60(90)77-50-52(84)27-7-11-39(33(68)16-27)98-41-18-29-19-42(56(41)102-66-57(55(87)54(86)43(23-79)100-66)101-45-22-67(4,71)58(88)25(3)97-45)99-40-12-8-28(17-34(40)69)53(85)51-64(94)76-49(65(95)96)32-20-30(80)21-38(82)46(32)31-15-26(6-10-37(31)81)47(61(91)78-51)75-62(92)48(29)74-59(89)35(73-63(50)93)9-13-44(70)83/h6-8,10-12,15-21,24-25,35-36,43,45,47-55,57-58,66,72,79-82,84-88H,9,13-14,22-23,71H2,1-5H3,(H2,70,83)(H,73,93)(H,74,89)(H,75,92)(H,76,94)(H,77,90)(H,78,91)(H,95,96)/t25-,35-,36+,43+,45-,47?,48?,49-,50+,51?,52+,53?,54+,55-,57+,58+,66-,67-/m0/s1. The molecule has 5 aromatic rings. The summed E-state index contributed by atoms with van der Waals surface area (Å²) >= 11 is 14.1. The number of benzene rings is 5. The van der Waals surface area contributed by atoms with Gasteiger partial charge < -0.3 is 128 Å². The average Bonchev–Trinajstić information content (AvgIpc) is 0.768. The van der Waals surface area contributed by atoms with E-state index in [0.29, 0.717) is 0 Å². The van der Waals surface area contributed by atoms with E-state index in [0.717, 1.165) is 66.7 Å². The molecule has 0 spiro atoms. The number of aliphatic hydroxyl groups excluding tert-OH is 6. The Morgan fingerprint density at radius 2 is 1.32 bits per heavy atom. The van der Waals surface area contributed by atoms with Crippen molar-refractivity contribution in [3.63, 3.8) is 0 Å². The number of aromatic hydroxyl groups is 3. The maximum Gasteiger partial charge on any atom is 0.330 e. The number of aliphatic carboxylic acids is 1. The maximum absolute atomic E-state index is 16.1. The van der Waals surface area contributed by atoms with Gasteiger partial charge in [-0.2, -0.15) is 0 Å². The van der Waals surface area contributed by atoms with Gasteiger partial charge in [0.05, 0.1) is 34.9 Å². The Morgan fingerprint density at radius 3 is 1.91 bits per heavy atom. The first-order chi connectivity index (χ1) is 48.2. The van der Waals surface area contributed by atoms with E-state index in [1.807, 2.05) is 13.8 Å². The number of carboxylic acids is 1. The molecule has 0 aromatic heterocycles. The van der Waals surface area contributed by atoms with Gasteiger partial charge in [0.2, 0.25) is 53.4 Å². The van der Waals surface area contributed by atoms with Crippen molar-refractivity contribution in [3.8, 4) is 57.1 Å². The number of halogens is 2. The van der Waals surface area contributed by atoms with Crippen LogP contribution in [-0.4, -0.2) is 191 Å². The molecule has 12 rings (SSSR count). The zero-order chi connectivity index (χ0) is 74.2. The van der Waals surface area contributed by atoms with Crippen LogP contribution in [-0.2, 0) is 52.6 Å². The van der Waals surface area contributed by atoms with Crippen molar-refractivity contribution >= 4 is 70.5 Å². The van der Waals surface area contributed by atoms with Crippen molar-refractivity contribution in [1.82, 2.24) is 37.2 Å². The summed E-state index contributed by atoms with van der Waals surface area (Å²) in [6.07, 6.45) is -18.7. The van der Waals surface area contributed by atoms with Crippen LogP contribution < -0.4 is 62.9 Å². The number of ether oxygens (including phenoxy) is 6. The molecule has 21 N–H and O–H groups in total. The van der Waals surface area contributed by atoms with E-state index >= 15 is 14.4 Å². The minimum absolute atomic E-state index is 0.0899. The molecule has 548 valence electrons. The third-order valence-corrected chi connectivity index (χ3v) is 18.6. The fourth-order valence-corrected chi connectivity index (χ4v) is 13.1. The number of nitrogens with one attached hydrogen (secondary N) is 7. The van der Waals surface area contributed by atoms with Gasteiger partial charge in [-0.15, -0.1) is 0 Å². The molecule has 7 heterocycles. The molecule has 4 unspecified atom stereocenters. The molecule has 7 amide bonds. The number of hydrogen-bond donors (Lipinski definition) is 19. The first-order valence-electron chi connectivity index (χ1n) is 32.1. The normalized spacial score (nSPS) is 29.3. The lowest BCUT2D eigenvalue weighted by atomic mass is 9.86. The summed E-state index contributed by atoms with van der Waals surface area (Å²) in [5, 5.41) is 131. The van der Waals surface area contributed by atoms with Gasteiger partial charge in [0.1, 0.15) is 89.5 Å². The zero-order valence-corrected chi connectivity index (χ0v) is 56.5. The molecule has 2 saturated heterocycles. The van der Waals surface area contributed by atoms with Crippen LogP contribution in [0.2, 0.25) is 10.0 Å². The summed E-state index contributed by atoms with van der Waals surface area (Å²) < 4.78 is 38.4. The monoisotopic (exact) mass is 1460 g/mol. The number of likely N-dealkylation sites (N-methyl/N-ethyl adjacent to an activating group) is 1. The summed E-state index contributed by atoms with van der Waals surface area (Å²) in [7, 11) is 1.48. The highest BCUT2D eigenvalue weighted by molar-refractivity contribution is 6.32. The van der Waals surface area contributed by atoms with Gasteiger partial charge >= 0.3 is 5.97 Å². The van der Waals surface area contributed by atoms with Gasteiger partial charge in [0.25, 0.3) is 0 Å². The summed E-state index contributed by atoms with van der Waals surface area (Å²) in [6, 6.07) is -0.223. The van der Waals surface area contributed by atoms with E-state index in [2.05, 4.69) is 37.2 Å². The van der Waals surface area contributed by atoms with Crippen LogP contribution in [0.3, 0.4) is 0 Å². The summed E-state index contributed by atoms with van der Waals surface area (Å²) in [4.78, 5) is 117. The Hall–Kier alpha value is -9.20. The maximum atomic E-state index is 16.1. The third-order valence-electron chi connectivity index (χ3n) is 18.0. The van der Waals surface area contributed by atoms with Gasteiger partial charge in [-0.05, 0) is 117 Å². The van der Waals surface area contributed by atoms with Gasteiger partial charge in [-0.25, -0.2) is 4.79 Å². The second-order valence-electron chi connectivity index (χ2n) is 26.0. The van der Waals surface area contributed by atoms with Crippen LogP contribution in [0, 0.1) is 5.92 Å². The van der Waals surface area contributed by atoms with Crippen LogP contribution in [0.4, 0.5) is 0 Å². The number of nitrogens with two attached hydrogens (primary N) is 2. The van der Waals surface area contributed by atoms with Crippen LogP contribution >= 0.6 is 23.2 Å². The molecule has 0 radical (unpaired) electrons. The SMILES string of the molecule is CN[C@H](CC(C)C)C(=O)N[C@H]1C(=O)N[C@@H](CCC(N)=O)C(=O)NC2C(=O)NC3C(=O)NC(C(=O)N[C@H](C(=O)O)c4cc(O)cc(O)c4-c4cc3ccc4O)C(O)c3ccc(c(Cl)c3)Oc3cc2cc(c3O[C@@H]2O[C@H](CO)[C@@H](O)[C@H](O)[C@H]2O[C@H]2C[C@](C)(N)[C@H](O)[C@H](C)O2)Oc2ccc(cc2Cl)[C@H]1O. The molecule has 2 fully saturated rings. The second-order valence-corrected chi connectivity index (χ2v) is 26.9. The lowest BCUT2D eigenvalue weighted by molar-refractivity contribution is -0.333. The number of primary amides is 1. The molecule has 35 heteroatoms. The lowest BCUT2D eigenvalue weighted by Gasteiger charge is -2.47. The van der Waals surface area contributed by atoms with Crippen molar-refractivity contribution in [1.29, 1.82) is 0 Å². The van der Waals surface area contributed by atoms with Crippen molar-refractivity contribution in [2.24, 2.45) is 17.4 Å². The number of carbonyl (C=O) groups is 8. The van der Waals surface area contributed by atoms with Gasteiger partial charge in [-0.1, -0.05) is 55.2 Å². The number of phenols is 3. The Balaban J connectivity index is 1.24. The average molecular weight is 1460 g/mol. The Bertz CT molecular complexity index is 4090. The number of phenolic OH excluding ortho intramolecular Hbond substituents is 3. The number of carbonyl (C=O) groups excluding carboxylic acids is 7. The highest BCUT2D eigenvalue weighted by Crippen LogP contribution is 2.50. The predicted molar refractivity (Wildman–Crippen MR) is 354 cm³/mol. The number of aliphatic hydroxyl groups is 6. The van der Waals surface area contributed by atoms with Crippen LogP contribution in [0.1, 0.15) is 112 Å². The minimum Gasteiger partial charge on any atom is -0.508 e. The summed E-state index contributed by atoms with van der Waals surface area (Å²) in [5.41, 5.74) is 8.00. The molecule has 0 saturated carbocycles. The molecule has 18 atom stereocenters. The molecule has 102 heavy (non-hydrogen) atoms. The second kappa shape index (κ2) is 30.8. The highest BCUT2D eigenvalue weighted by Gasteiger charge is 2.51. The number of rotatable bonds is 14. The fraction of sp³-hybridized carbons (Fsp3) is 0.433. The van der Waals surface area contributed by atoms with Crippen molar-refractivity contribution in [3.05, 3.63) is 117 Å². The van der Waals surface area contributed by atoms with Crippen molar-refractivity contribution < 1.29 is 118 Å². The summed E-state index contributed by atoms with van der Waals surface area (Å²) in [5.74, 6) is -15.4. The van der Waals surface area contributed by atoms with Crippen molar-refractivity contribution in [2.75, 3.05) is 13.7 Å². The molecular weight excluding hydrogens is 1390 g/mol. The van der Waals surface area contributed by atoms with E-state index in [9.17, 15) is 75.0 Å². The topological polar surface area (TPSA) is 530 Å². The van der Waals surface area contributed by atoms with Gasteiger partial charge in [-0.3, -0.25) is 33.6 Å². The van der Waals surface area contributed by atoms with Crippen molar-refractivity contribution in [2.45, 2.75) is 163 Å². The van der Waals surface area contributed by atoms with E-state index in [1.54, 1.807) is 0 Å².